The van der Waals surface area contributed by atoms with E-state index in [0.717, 1.165) is 109 Å². The van der Waals surface area contributed by atoms with Crippen LogP contribution in [-0.2, 0) is 0 Å². The minimum atomic E-state index is -0.826. The number of nitrogens with two attached hydrogens (primary N) is 4. The quantitative estimate of drug-likeness (QED) is 0.0201. The average molecular weight is 1960 g/mol. The summed E-state index contributed by atoms with van der Waals surface area (Å²) in [6.45, 7) is 12.8. The molecule has 0 amide bonds. The second kappa shape index (κ2) is 51.4. The molecule has 0 saturated heterocycles. The first-order chi connectivity index (χ1) is 39.0. The zero-order valence-corrected chi connectivity index (χ0v) is 65.9. The molecule has 0 unspecified atom stereocenters. The Balaban J connectivity index is 0. The van der Waals surface area contributed by atoms with Crippen LogP contribution in [0.15, 0.2) is 148 Å². The van der Waals surface area contributed by atoms with E-state index in [-0.39, 0.29) is 29.4 Å². The first-order valence-corrected chi connectivity index (χ1v) is 45.8. The second-order valence-electron chi connectivity index (χ2n) is 16.1. The molecule has 2 aliphatic heterocycles. The fourth-order valence-corrected chi connectivity index (χ4v) is 9.51. The number of hydrogen-bond donors (Lipinski definition) is 10. The van der Waals surface area contributed by atoms with Crippen LogP contribution >= 0.6 is 163 Å². The van der Waals surface area contributed by atoms with E-state index in [0.29, 0.717) is 26.0 Å². The number of nitro groups is 2. The zero-order chi connectivity index (χ0) is 62.0. The molecule has 2 aliphatic rings. The van der Waals surface area contributed by atoms with Gasteiger partial charge in [-0.1, -0.05) is 155 Å². The van der Waals surface area contributed by atoms with Crippen LogP contribution in [0.3, 0.4) is 0 Å². The van der Waals surface area contributed by atoms with Crippen molar-refractivity contribution in [3.05, 3.63) is 169 Å². The Morgan fingerprint density at radius 1 is 0.530 bits per heavy atom. The van der Waals surface area contributed by atoms with Gasteiger partial charge in [-0.15, -0.1) is 0 Å². The van der Waals surface area contributed by atoms with Crippen molar-refractivity contribution in [1.29, 1.82) is 0 Å². The van der Waals surface area contributed by atoms with E-state index in [1.807, 2.05) is 37.3 Å². The number of anilines is 10. The van der Waals surface area contributed by atoms with Crippen LogP contribution < -0.4 is 54.8 Å². The van der Waals surface area contributed by atoms with Gasteiger partial charge in [-0.05, 0) is 123 Å². The molecule has 4 radical (unpaired) electrons. The minimum absolute atomic E-state index is 0. The molecule has 6 aromatic carbocycles. The molecule has 456 valence electrons. The molecular formula is C53H68Br8Cl4N12O4Sn2. The van der Waals surface area contributed by atoms with Crippen LogP contribution in [-0.4, -0.2) is 91.0 Å². The topological polar surface area (TPSA) is 263 Å². The van der Waals surface area contributed by atoms with E-state index < -0.39 is 42.7 Å². The third-order valence-corrected chi connectivity index (χ3v) is 13.9. The van der Waals surface area contributed by atoms with Gasteiger partial charge in [-0.2, -0.15) is 0 Å². The molecule has 6 aromatic rings. The van der Waals surface area contributed by atoms with Crippen LogP contribution in [0.2, 0.25) is 0 Å². The number of benzene rings is 6. The fraction of sp³-hybridized carbons (Fsp3) is 0.283. The van der Waals surface area contributed by atoms with Gasteiger partial charge >= 0.3 is 73.5 Å². The van der Waals surface area contributed by atoms with Gasteiger partial charge in [0.05, 0.1) is 55.3 Å². The molecule has 8 rings (SSSR count). The molecule has 0 aromatic heterocycles. The Kier molecular flexibility index (Phi) is 51.7. The van der Waals surface area contributed by atoms with Crippen molar-refractivity contribution in [3.8, 4) is 0 Å². The Bertz CT molecular complexity index is 2830. The van der Waals surface area contributed by atoms with E-state index in [9.17, 15) is 20.2 Å². The molecule has 30 heteroatoms. The van der Waals surface area contributed by atoms with E-state index in [2.05, 4.69) is 203 Å². The van der Waals surface area contributed by atoms with Gasteiger partial charge in [0.2, 0.25) is 0 Å². The number of nitrogen functional groups attached to an aromatic ring is 4. The summed E-state index contributed by atoms with van der Waals surface area (Å²) in [4.78, 5) is 20.1. The molecule has 83 heavy (non-hydrogen) atoms. The van der Waals surface area contributed by atoms with E-state index >= 15 is 0 Å². The third-order valence-electron chi connectivity index (χ3n) is 9.81. The van der Waals surface area contributed by atoms with Gasteiger partial charge in [0.15, 0.2) is 0 Å². The Morgan fingerprint density at radius 3 is 1.36 bits per heavy atom. The van der Waals surface area contributed by atoms with Gasteiger partial charge in [-0.3, -0.25) is 20.2 Å². The molecule has 14 N–H and O–H groups in total. The summed E-state index contributed by atoms with van der Waals surface area (Å²) in [5, 5.41) is 42.8. The van der Waals surface area contributed by atoms with Crippen LogP contribution in [0.4, 0.5) is 68.2 Å². The number of rotatable bonds is 10. The third kappa shape index (κ3) is 39.2. The number of fused-ring (bicyclic) bond motifs is 2. The number of nitrogens with zero attached hydrogens (tertiary/aromatic N) is 2. The number of nitro benzene ring substituents is 2. The first-order valence-electron chi connectivity index (χ1n) is 24.3. The van der Waals surface area contributed by atoms with Gasteiger partial charge in [0, 0.05) is 94.5 Å². The van der Waals surface area contributed by atoms with Gasteiger partial charge in [0.25, 0.3) is 11.4 Å². The number of alkyl halides is 2. The molecule has 0 aliphatic carbocycles. The van der Waals surface area contributed by atoms with Gasteiger partial charge < -0.3 is 54.8 Å². The summed E-state index contributed by atoms with van der Waals surface area (Å²) in [7, 11) is 19.7. The number of halogens is 12. The van der Waals surface area contributed by atoms with Crippen LogP contribution in [0.1, 0.15) is 53.4 Å². The van der Waals surface area contributed by atoms with E-state index in [1.165, 1.54) is 42.4 Å². The zero-order valence-electron chi connectivity index (χ0n) is 44.5. The monoisotopic (exact) mass is 1950 g/mol. The first kappa shape index (κ1) is 83.5. The summed E-state index contributed by atoms with van der Waals surface area (Å²) in [5.41, 5.74) is 31.5. The summed E-state index contributed by atoms with van der Waals surface area (Å²) < 4.78 is 5.54. The summed E-state index contributed by atoms with van der Waals surface area (Å²) in [6.07, 6.45) is 5.40. The molecule has 0 atom stereocenters. The Hall–Kier alpha value is -1.54. The standard InChI is InChI=1S/C10H11BrN2.C9H11BrN2O2.C9H11BrN2.C9H13BrN2.C6H5BrN2O2.C6H7BrN2.C3H6Br2.CH4.4ClH.2Sn/c1-7-4-5-12-9-3-2-8(11)6-10(9)13-7;1-2-5-11-8-4-3-7(10)6-9(8)12(13)14;10-7-2-3-8-9(6-7)12-5-1-4-11-8;1-2-5-12-9-4-3-7(10)6-8(9)11;7-4-1-2-5(8)6(3-4)9(10)11;7-4-1-2-5(8)6(9)3-4;4-2-1-3-5;;;;;;;/h2-3,6,12-13H,1,4-5H2;3-4,6,11H,2,5H2,1H3;2-3,6,11-12H,1,4-5H2;3-4,6,12H,2,5,11H2,1H3;1-3H,8H2;1-3H,8-9H2;1-3H2;1H4;4*1H;;/q;;;;;;;;;;;;2*+2/p-4. The van der Waals surface area contributed by atoms with Crippen molar-refractivity contribution in [2.75, 3.05) is 98.2 Å². The van der Waals surface area contributed by atoms with Gasteiger partial charge in [0.1, 0.15) is 11.4 Å². The maximum atomic E-state index is 10.7. The molecule has 0 saturated carbocycles. The summed E-state index contributed by atoms with van der Waals surface area (Å²) >= 11 is 24.7. The predicted octanol–water partition coefficient (Wildman–Crippen LogP) is 20.3. The fourth-order valence-electron chi connectivity index (χ4n) is 6.02. The van der Waals surface area contributed by atoms with Crippen LogP contribution in [0.25, 0.3) is 0 Å². The van der Waals surface area contributed by atoms with Crippen molar-refractivity contribution in [3.63, 3.8) is 0 Å². The molecule has 2 heterocycles. The average Bonchev–Trinajstić information content (AvgIpc) is 3.86. The molecular weight excluding hydrogens is 1890 g/mol. The number of hydrogen-bond acceptors (Lipinski definition) is 14. The SMILES string of the molecule is BrCCCBr.Brc1ccc2c(c1)NCCCN2.C.C=C1CCNc2ccc(Br)cc2N1.CCCNc1ccc(Br)cc1N.CCCNc1ccc(Br)cc1[N+](=O)[O-].Nc1ccc(Br)cc1N.Nc1ccc(Br)cc1[N+](=O)[O-].[Cl][Sn][Cl].[Cl][Sn][Cl]. The maximum absolute atomic E-state index is 10.7. The summed E-state index contributed by atoms with van der Waals surface area (Å²) in [5.74, 6) is 0. The van der Waals surface area contributed by atoms with Crippen LogP contribution in [0.5, 0.6) is 0 Å². The Morgan fingerprint density at radius 2 is 0.916 bits per heavy atom. The predicted molar refractivity (Wildman–Crippen MR) is 395 cm³/mol. The van der Waals surface area contributed by atoms with E-state index in [4.69, 9.17) is 58.6 Å². The van der Waals surface area contributed by atoms with Crippen molar-refractivity contribution in [1.82, 2.24) is 0 Å². The molecule has 0 fully saturated rings. The normalized spacial score (nSPS) is 10.9. The van der Waals surface area contributed by atoms with Crippen molar-refractivity contribution < 1.29 is 9.85 Å². The summed E-state index contributed by atoms with van der Waals surface area (Å²) in [6, 6.07) is 33.2. The molecule has 0 spiro atoms. The number of nitrogens with one attached hydrogen (secondary N) is 6. The van der Waals surface area contributed by atoms with Gasteiger partial charge in [-0.25, -0.2) is 0 Å². The van der Waals surface area contributed by atoms with E-state index in [1.54, 1.807) is 30.3 Å². The van der Waals surface area contributed by atoms with Crippen molar-refractivity contribution >= 4 is 269 Å². The Labute approximate surface area is 591 Å². The van der Waals surface area contributed by atoms with Crippen molar-refractivity contribution in [2.45, 2.75) is 53.4 Å². The molecule has 16 nitrogen and oxygen atoms in total. The second-order valence-corrected chi connectivity index (χ2v) is 31.7. The van der Waals surface area contributed by atoms with Crippen molar-refractivity contribution in [2.24, 2.45) is 0 Å². The van der Waals surface area contributed by atoms with Crippen LogP contribution in [0, 0.1) is 20.2 Å². The molecule has 0 bridgehead atoms.